The van der Waals surface area contributed by atoms with Gasteiger partial charge in [-0.05, 0) is 51.5 Å². The highest BCUT2D eigenvalue weighted by molar-refractivity contribution is 5.95. The Hall–Kier alpha value is -2.10. The molecular weight excluding hydrogens is 388 g/mol. The summed E-state index contributed by atoms with van der Waals surface area (Å²) in [6.45, 7) is 4.02. The average molecular weight is 431 g/mol. The topological polar surface area (TPSA) is 52.6 Å². The molecule has 0 aliphatic heterocycles. The minimum absolute atomic E-state index is 0.270. The van der Waals surface area contributed by atoms with Crippen LogP contribution in [0.15, 0.2) is 42.5 Å². The smallest absolute Gasteiger partial charge is 0.320 e. The molecule has 0 amide bonds. The van der Waals surface area contributed by atoms with Crippen molar-refractivity contribution in [1.82, 2.24) is 0 Å². The highest BCUT2D eigenvalue weighted by Crippen LogP contribution is 2.14. The summed E-state index contributed by atoms with van der Waals surface area (Å²) in [5, 5.41) is 0. The Balaban J connectivity index is 1.98. The molecule has 1 aromatic rings. The maximum Gasteiger partial charge on any atom is 0.320 e. The Labute approximate surface area is 189 Å². The molecule has 4 heteroatoms. The van der Waals surface area contributed by atoms with Crippen molar-refractivity contribution in [3.05, 3.63) is 48.0 Å². The van der Waals surface area contributed by atoms with Gasteiger partial charge < -0.3 is 9.47 Å². The number of allylic oxidation sites excluding steroid dienone is 2. The van der Waals surface area contributed by atoms with Crippen LogP contribution < -0.4 is 0 Å². The Bertz CT molecular complexity index is 591. The van der Waals surface area contributed by atoms with Crippen LogP contribution in [-0.2, 0) is 25.5 Å². The van der Waals surface area contributed by atoms with E-state index >= 15 is 0 Å². The Morgan fingerprint density at radius 3 is 1.81 bits per heavy atom. The number of aryl methyl sites for hydroxylation is 1. The van der Waals surface area contributed by atoms with Gasteiger partial charge in [-0.15, -0.1) is 0 Å². The molecule has 0 fully saturated rings. The van der Waals surface area contributed by atoms with E-state index in [0.717, 1.165) is 12.8 Å². The third kappa shape index (κ3) is 13.7. The second-order valence-electron chi connectivity index (χ2n) is 7.97. The highest BCUT2D eigenvalue weighted by atomic mass is 16.6. The number of ether oxygens (including phenoxy) is 2. The summed E-state index contributed by atoms with van der Waals surface area (Å²) in [6, 6.07) is 10.7. The summed E-state index contributed by atoms with van der Waals surface area (Å²) in [5.41, 5.74) is 1.45. The number of carbonyl (C=O) groups excluding carboxylic acids is 2. The van der Waals surface area contributed by atoms with Crippen LogP contribution >= 0.6 is 0 Å². The number of hydrogen-bond acceptors (Lipinski definition) is 4. The number of benzene rings is 1. The van der Waals surface area contributed by atoms with Crippen molar-refractivity contribution in [3.63, 3.8) is 0 Å². The van der Waals surface area contributed by atoms with E-state index in [1.54, 1.807) is 13.8 Å². The van der Waals surface area contributed by atoms with E-state index in [2.05, 4.69) is 36.4 Å². The first-order valence-electron chi connectivity index (χ1n) is 12.2. The number of unbranched alkanes of at least 4 members (excludes halogenated alkanes) is 9. The van der Waals surface area contributed by atoms with Crippen molar-refractivity contribution >= 4 is 11.9 Å². The van der Waals surface area contributed by atoms with Crippen LogP contribution in [0.5, 0.6) is 0 Å². The van der Waals surface area contributed by atoms with Gasteiger partial charge in [-0.3, -0.25) is 9.59 Å². The summed E-state index contributed by atoms with van der Waals surface area (Å²) in [5.74, 6) is -1.83. The molecule has 0 aliphatic carbocycles. The molecule has 1 aromatic carbocycles. The van der Waals surface area contributed by atoms with Gasteiger partial charge in [0.05, 0.1) is 13.2 Å². The second kappa shape index (κ2) is 18.7. The molecule has 0 spiro atoms. The van der Waals surface area contributed by atoms with E-state index in [1.807, 2.05) is 6.08 Å². The van der Waals surface area contributed by atoms with Crippen molar-refractivity contribution in [3.8, 4) is 0 Å². The van der Waals surface area contributed by atoms with Crippen molar-refractivity contribution < 1.29 is 19.1 Å². The Morgan fingerprint density at radius 2 is 1.26 bits per heavy atom. The average Bonchev–Trinajstić information content (AvgIpc) is 2.77. The number of carbonyl (C=O) groups is 2. The highest BCUT2D eigenvalue weighted by Gasteiger charge is 2.27. The molecule has 0 aromatic heterocycles. The van der Waals surface area contributed by atoms with Crippen molar-refractivity contribution in [1.29, 1.82) is 0 Å². The third-order valence-corrected chi connectivity index (χ3v) is 5.36. The molecule has 0 unspecified atom stereocenters. The maximum absolute atomic E-state index is 11.9. The summed E-state index contributed by atoms with van der Waals surface area (Å²) in [4.78, 5) is 23.8. The molecule has 174 valence electrons. The third-order valence-electron chi connectivity index (χ3n) is 5.36. The van der Waals surface area contributed by atoms with E-state index in [9.17, 15) is 9.59 Å². The van der Waals surface area contributed by atoms with Crippen LogP contribution in [0.3, 0.4) is 0 Å². The fourth-order valence-electron chi connectivity index (χ4n) is 3.60. The predicted molar refractivity (Wildman–Crippen MR) is 127 cm³/mol. The molecule has 31 heavy (non-hydrogen) atoms. The lowest BCUT2D eigenvalue weighted by Crippen LogP contribution is -2.27. The number of rotatable bonds is 18. The molecular formula is C27H42O4. The monoisotopic (exact) mass is 430 g/mol. The van der Waals surface area contributed by atoms with E-state index in [0.29, 0.717) is 6.42 Å². The van der Waals surface area contributed by atoms with Crippen LogP contribution in [0.1, 0.15) is 90.0 Å². The van der Waals surface area contributed by atoms with Gasteiger partial charge in [0, 0.05) is 0 Å². The number of hydrogen-bond donors (Lipinski definition) is 0. The molecule has 0 heterocycles. The zero-order valence-electron chi connectivity index (χ0n) is 19.7. The van der Waals surface area contributed by atoms with E-state index in [-0.39, 0.29) is 13.2 Å². The second-order valence-corrected chi connectivity index (χ2v) is 7.97. The van der Waals surface area contributed by atoms with Crippen LogP contribution in [0.4, 0.5) is 0 Å². The molecule has 0 N–H and O–H groups in total. The van der Waals surface area contributed by atoms with Crippen LogP contribution in [0, 0.1) is 5.92 Å². The minimum atomic E-state index is -0.844. The number of esters is 2. The molecule has 0 atom stereocenters. The standard InChI is InChI=1S/C27H42O4/c1-3-30-26(28)25(27(29)31-4-2)23-19-14-12-10-8-6-5-7-9-11-13-16-20-24-21-17-15-18-22-24/h14-15,17-19,21-22,25H,3-13,16,20,23H2,1-2H3/b19-14+. The van der Waals surface area contributed by atoms with E-state index in [4.69, 9.17) is 9.47 Å². The lowest BCUT2D eigenvalue weighted by Gasteiger charge is -2.12. The molecule has 0 saturated carbocycles. The van der Waals surface area contributed by atoms with Crippen LogP contribution in [-0.4, -0.2) is 25.2 Å². The predicted octanol–water partition coefficient (Wildman–Crippen LogP) is 6.82. The zero-order chi connectivity index (χ0) is 22.6. The van der Waals surface area contributed by atoms with Gasteiger partial charge in [0.15, 0.2) is 5.92 Å². The van der Waals surface area contributed by atoms with Gasteiger partial charge in [-0.2, -0.15) is 0 Å². The van der Waals surface area contributed by atoms with Gasteiger partial charge in [-0.1, -0.05) is 87.4 Å². The molecule has 0 saturated heterocycles. The summed E-state index contributed by atoms with van der Waals surface area (Å²) < 4.78 is 9.96. The van der Waals surface area contributed by atoms with Crippen molar-refractivity contribution in [2.45, 2.75) is 90.9 Å². The fourth-order valence-corrected chi connectivity index (χ4v) is 3.60. The SMILES string of the molecule is CCOC(=O)C(C/C=C/CCCCCCCCCCCc1ccccc1)C(=O)OCC. The van der Waals surface area contributed by atoms with Gasteiger partial charge >= 0.3 is 11.9 Å². The summed E-state index contributed by atoms with van der Waals surface area (Å²) in [6.07, 6.45) is 18.1. The molecule has 0 aliphatic rings. The molecule has 1 rings (SSSR count). The Kier molecular flexibility index (Phi) is 16.2. The minimum Gasteiger partial charge on any atom is -0.465 e. The first-order chi connectivity index (χ1) is 15.2. The summed E-state index contributed by atoms with van der Waals surface area (Å²) >= 11 is 0. The first kappa shape index (κ1) is 26.9. The van der Waals surface area contributed by atoms with Gasteiger partial charge in [-0.25, -0.2) is 0 Å². The Morgan fingerprint density at radius 1 is 0.742 bits per heavy atom. The van der Waals surface area contributed by atoms with Gasteiger partial charge in [0.25, 0.3) is 0 Å². The molecule has 0 bridgehead atoms. The molecule has 4 nitrogen and oxygen atoms in total. The lowest BCUT2D eigenvalue weighted by atomic mass is 10.0. The van der Waals surface area contributed by atoms with Crippen LogP contribution in [0.25, 0.3) is 0 Å². The lowest BCUT2D eigenvalue weighted by molar-refractivity contribution is -0.161. The zero-order valence-corrected chi connectivity index (χ0v) is 19.7. The summed E-state index contributed by atoms with van der Waals surface area (Å²) in [7, 11) is 0. The van der Waals surface area contributed by atoms with Crippen LogP contribution in [0.2, 0.25) is 0 Å². The maximum atomic E-state index is 11.9. The van der Waals surface area contributed by atoms with Gasteiger partial charge in [0.1, 0.15) is 0 Å². The largest absolute Gasteiger partial charge is 0.465 e. The van der Waals surface area contributed by atoms with Gasteiger partial charge in [0.2, 0.25) is 0 Å². The fraction of sp³-hybridized carbons (Fsp3) is 0.630. The van der Waals surface area contributed by atoms with Crippen molar-refractivity contribution in [2.24, 2.45) is 5.92 Å². The molecule has 0 radical (unpaired) electrons. The van der Waals surface area contributed by atoms with Crippen molar-refractivity contribution in [2.75, 3.05) is 13.2 Å². The normalized spacial score (nSPS) is 11.2. The van der Waals surface area contributed by atoms with E-state index < -0.39 is 17.9 Å². The van der Waals surface area contributed by atoms with E-state index in [1.165, 1.54) is 63.4 Å². The first-order valence-corrected chi connectivity index (χ1v) is 12.2. The quantitative estimate of drug-likeness (QED) is 0.111.